The van der Waals surface area contributed by atoms with Crippen LogP contribution >= 0.6 is 0 Å². The van der Waals surface area contributed by atoms with Gasteiger partial charge >= 0.3 is 49.7 Å². The molecule has 0 aromatic rings. The average Bonchev–Trinajstić information content (AvgIpc) is 1.82. The number of carboxylic acids is 2. The van der Waals surface area contributed by atoms with Crippen molar-refractivity contribution in [1.82, 2.24) is 0 Å². The summed E-state index contributed by atoms with van der Waals surface area (Å²) in [5.41, 5.74) is -2.53. The van der Waals surface area contributed by atoms with E-state index in [4.69, 9.17) is 10.2 Å². The first kappa shape index (κ1) is 15.7. The maximum Gasteiger partial charge on any atom is 2.00 e. The molecule has 0 aromatic heterocycles. The molecule has 0 atom stereocenters. The van der Waals surface area contributed by atoms with E-state index in [1.54, 1.807) is 20.8 Å². The minimum Gasteiger partial charge on any atom is -1.00 e. The fourth-order valence-electron chi connectivity index (χ4n) is 0.733. The number of carboxylic acid groups (broad SMARTS) is 2. The van der Waals surface area contributed by atoms with E-state index in [1.807, 2.05) is 0 Å². The van der Waals surface area contributed by atoms with Crippen LogP contribution < -0.4 is 0 Å². The van der Waals surface area contributed by atoms with E-state index < -0.39 is 22.8 Å². The van der Waals surface area contributed by atoms with Crippen molar-refractivity contribution in [3.8, 4) is 0 Å². The zero-order valence-electron chi connectivity index (χ0n) is 10.4. The fraction of sp³-hybridized carbons (Fsp3) is 0.750. The number of aliphatic carboxylic acids is 2. The van der Waals surface area contributed by atoms with Gasteiger partial charge in [0.15, 0.2) is 5.41 Å². The smallest absolute Gasteiger partial charge is 1.00 e. The second-order valence-electron chi connectivity index (χ2n) is 3.99. The summed E-state index contributed by atoms with van der Waals surface area (Å²) in [7, 11) is 0. The van der Waals surface area contributed by atoms with Gasteiger partial charge in [0.25, 0.3) is 0 Å². The van der Waals surface area contributed by atoms with Crippen LogP contribution in [0.3, 0.4) is 0 Å². The Hall–Kier alpha value is 0.200. The van der Waals surface area contributed by atoms with Crippen LogP contribution in [0.15, 0.2) is 0 Å². The van der Waals surface area contributed by atoms with E-state index in [9.17, 15) is 9.59 Å². The Morgan fingerprint density at radius 1 is 1.00 bits per heavy atom. The van der Waals surface area contributed by atoms with E-state index in [0.717, 1.165) is 0 Å². The van der Waals surface area contributed by atoms with Crippen LogP contribution in [0.5, 0.6) is 0 Å². The summed E-state index contributed by atoms with van der Waals surface area (Å²) in [6.45, 7) is 6.00. The van der Waals surface area contributed by atoms with E-state index in [-0.39, 0.29) is 40.6 Å². The van der Waals surface area contributed by atoms with Crippen molar-refractivity contribution >= 4 is 49.7 Å². The first-order chi connectivity index (χ1) is 5.14. The zero-order chi connectivity index (χ0) is 10.2. The standard InChI is InChI=1S/C8H14O4.Ca.2H/c1-7(2,3)8(4,5(9)10)6(11)12;;;/h1-4H3,(H,9,10)(H,11,12);;;/q;+2;2*-1. The van der Waals surface area contributed by atoms with E-state index in [0.29, 0.717) is 0 Å². The Kier molecular flexibility index (Phi) is 5.57. The molecule has 0 heterocycles. The minimum atomic E-state index is -1.73. The van der Waals surface area contributed by atoms with Gasteiger partial charge in [0, 0.05) is 0 Å². The topological polar surface area (TPSA) is 74.6 Å². The molecule has 0 aliphatic rings. The van der Waals surface area contributed by atoms with E-state index in [1.165, 1.54) is 6.92 Å². The number of hydrogen-bond donors (Lipinski definition) is 2. The molecule has 74 valence electrons. The summed E-state index contributed by atoms with van der Waals surface area (Å²) >= 11 is 0. The van der Waals surface area contributed by atoms with Gasteiger partial charge in [-0.15, -0.1) is 0 Å². The Morgan fingerprint density at radius 2 is 1.23 bits per heavy atom. The second-order valence-corrected chi connectivity index (χ2v) is 3.99. The summed E-state index contributed by atoms with van der Waals surface area (Å²) in [5, 5.41) is 17.5. The molecule has 0 aliphatic heterocycles. The number of carbonyl (C=O) groups is 2. The van der Waals surface area contributed by atoms with Crippen LogP contribution in [0.2, 0.25) is 0 Å². The molecule has 5 heteroatoms. The van der Waals surface area contributed by atoms with Crippen molar-refractivity contribution in [2.75, 3.05) is 0 Å². The third-order valence-corrected chi connectivity index (χ3v) is 2.36. The summed E-state index contributed by atoms with van der Waals surface area (Å²) in [6, 6.07) is 0. The summed E-state index contributed by atoms with van der Waals surface area (Å²) in [6.07, 6.45) is 0. The van der Waals surface area contributed by atoms with Crippen LogP contribution in [0.4, 0.5) is 0 Å². The van der Waals surface area contributed by atoms with Crippen molar-refractivity contribution in [2.24, 2.45) is 10.8 Å². The van der Waals surface area contributed by atoms with Gasteiger partial charge in [-0.1, -0.05) is 20.8 Å². The maximum atomic E-state index is 10.7. The van der Waals surface area contributed by atoms with Crippen molar-refractivity contribution < 1.29 is 22.7 Å². The van der Waals surface area contributed by atoms with Gasteiger partial charge in [0.05, 0.1) is 0 Å². The predicted molar refractivity (Wildman–Crippen MR) is 50.8 cm³/mol. The molecule has 4 nitrogen and oxygen atoms in total. The Balaban J connectivity index is -0.000000202. The molecule has 0 rings (SSSR count). The molecule has 0 saturated carbocycles. The average molecular weight is 216 g/mol. The van der Waals surface area contributed by atoms with Crippen molar-refractivity contribution in [3.63, 3.8) is 0 Å². The third kappa shape index (κ3) is 2.82. The number of rotatable bonds is 2. The summed E-state index contributed by atoms with van der Waals surface area (Å²) in [5.74, 6) is -2.61. The second kappa shape index (κ2) is 4.62. The molecular formula is C8H16CaO4. The van der Waals surface area contributed by atoms with Gasteiger partial charge < -0.3 is 13.1 Å². The van der Waals surface area contributed by atoms with Crippen LogP contribution in [0.1, 0.15) is 30.5 Å². The zero-order valence-corrected chi connectivity index (χ0v) is 10.6. The summed E-state index contributed by atoms with van der Waals surface area (Å²) in [4.78, 5) is 21.5. The molecule has 0 fully saturated rings. The van der Waals surface area contributed by atoms with Gasteiger partial charge in [-0.3, -0.25) is 9.59 Å². The molecule has 0 amide bonds. The molecule has 2 N–H and O–H groups in total. The molecule has 13 heavy (non-hydrogen) atoms. The summed E-state index contributed by atoms with van der Waals surface area (Å²) < 4.78 is 0. The monoisotopic (exact) mass is 216 g/mol. The molecule has 0 bridgehead atoms. The number of hydrogen-bond acceptors (Lipinski definition) is 2. The van der Waals surface area contributed by atoms with Crippen LogP contribution in [0.25, 0.3) is 0 Å². The molecular weight excluding hydrogens is 200 g/mol. The van der Waals surface area contributed by atoms with Gasteiger partial charge in [0.1, 0.15) is 0 Å². The van der Waals surface area contributed by atoms with Crippen molar-refractivity contribution in [1.29, 1.82) is 0 Å². The predicted octanol–water partition coefficient (Wildman–Crippen LogP) is 1.05. The Bertz CT molecular complexity index is 211. The van der Waals surface area contributed by atoms with E-state index >= 15 is 0 Å². The Labute approximate surface area is 110 Å². The Morgan fingerprint density at radius 3 is 1.23 bits per heavy atom. The fourth-order valence-corrected chi connectivity index (χ4v) is 0.733. The van der Waals surface area contributed by atoms with Crippen LogP contribution in [-0.2, 0) is 9.59 Å². The van der Waals surface area contributed by atoms with Crippen molar-refractivity contribution in [2.45, 2.75) is 27.7 Å². The molecule has 0 unspecified atom stereocenters. The van der Waals surface area contributed by atoms with E-state index in [2.05, 4.69) is 0 Å². The van der Waals surface area contributed by atoms with Crippen LogP contribution in [0, 0.1) is 10.8 Å². The maximum absolute atomic E-state index is 10.7. The molecule has 0 radical (unpaired) electrons. The normalized spacial score (nSPS) is 11.7. The first-order valence-corrected chi connectivity index (χ1v) is 3.61. The van der Waals surface area contributed by atoms with Crippen molar-refractivity contribution in [3.05, 3.63) is 0 Å². The molecule has 0 spiro atoms. The molecule has 0 aliphatic carbocycles. The van der Waals surface area contributed by atoms with Gasteiger partial charge in [-0.25, -0.2) is 0 Å². The van der Waals surface area contributed by atoms with Crippen LogP contribution in [-0.4, -0.2) is 59.9 Å². The first-order valence-electron chi connectivity index (χ1n) is 3.61. The molecule has 0 saturated heterocycles. The quantitative estimate of drug-likeness (QED) is 0.534. The van der Waals surface area contributed by atoms with Gasteiger partial charge in [0.2, 0.25) is 0 Å². The van der Waals surface area contributed by atoms with Gasteiger partial charge in [-0.05, 0) is 12.3 Å². The third-order valence-electron chi connectivity index (χ3n) is 2.36. The minimum absolute atomic E-state index is 0. The SMILES string of the molecule is CC(C)(C)C(C)(C(=O)O)C(=O)O.[Ca+2].[H-].[H-]. The largest absolute Gasteiger partial charge is 2.00 e. The molecule has 0 aromatic carbocycles. The van der Waals surface area contributed by atoms with Gasteiger partial charge in [-0.2, -0.15) is 0 Å².